The molecule has 0 aromatic heterocycles. The van der Waals surface area contributed by atoms with Crippen LogP contribution in [-0.4, -0.2) is 24.7 Å². The van der Waals surface area contributed by atoms with E-state index >= 15 is 0 Å². The van der Waals surface area contributed by atoms with E-state index in [9.17, 15) is 18.0 Å². The maximum Gasteiger partial charge on any atom is 0.573 e. The first-order chi connectivity index (χ1) is 16.2. The number of carbonyl (C=O) groups is 1. The Labute approximate surface area is 200 Å². The quantitative estimate of drug-likeness (QED) is 0.351. The molecule has 0 aliphatic carbocycles. The number of esters is 1. The van der Waals surface area contributed by atoms with E-state index in [1.807, 2.05) is 42.5 Å². The number of ether oxygens (including phenoxy) is 2. The molecule has 1 heterocycles. The van der Waals surface area contributed by atoms with Gasteiger partial charge in [-0.25, -0.2) is 0 Å². The molecule has 0 bridgehead atoms. The Morgan fingerprint density at radius 3 is 2.21 bits per heavy atom. The minimum Gasteiger partial charge on any atom is -0.466 e. The standard InChI is InChI=1S/C26H21ClF3NO3/c1-2-33-25(32)21-15-23(20-5-3-4-6-22(20)27)31-24(21)18-9-7-16(8-10-18)17-11-13-19(14-12-17)34-26(28,29)30/h3-14,21,24H,2,15H2,1H3/t21-,24-/m0/s1. The number of rotatable bonds is 6. The van der Waals surface area contributed by atoms with Crippen molar-refractivity contribution in [3.05, 3.63) is 88.9 Å². The lowest BCUT2D eigenvalue weighted by Gasteiger charge is -2.17. The van der Waals surface area contributed by atoms with Crippen molar-refractivity contribution in [1.82, 2.24) is 0 Å². The van der Waals surface area contributed by atoms with Gasteiger partial charge in [0.1, 0.15) is 5.75 Å². The van der Waals surface area contributed by atoms with Crippen LogP contribution in [0.2, 0.25) is 5.02 Å². The smallest absolute Gasteiger partial charge is 0.466 e. The van der Waals surface area contributed by atoms with E-state index in [0.29, 0.717) is 11.4 Å². The second-order valence-corrected chi connectivity index (χ2v) is 8.16. The van der Waals surface area contributed by atoms with Crippen LogP contribution in [0.4, 0.5) is 13.2 Å². The molecule has 176 valence electrons. The number of hydrogen-bond donors (Lipinski definition) is 0. The van der Waals surface area contributed by atoms with E-state index in [1.54, 1.807) is 25.1 Å². The number of halogens is 4. The number of hydrogen-bond acceptors (Lipinski definition) is 4. The van der Waals surface area contributed by atoms with E-state index in [4.69, 9.17) is 21.3 Å². The van der Waals surface area contributed by atoms with E-state index < -0.39 is 18.3 Å². The van der Waals surface area contributed by atoms with Crippen molar-refractivity contribution < 1.29 is 27.4 Å². The van der Waals surface area contributed by atoms with Crippen molar-refractivity contribution in [3.8, 4) is 16.9 Å². The average Bonchev–Trinajstić information content (AvgIpc) is 3.25. The first-order valence-electron chi connectivity index (χ1n) is 10.7. The fraction of sp³-hybridized carbons (Fsp3) is 0.231. The van der Waals surface area contributed by atoms with E-state index in [0.717, 1.165) is 28.0 Å². The zero-order valence-electron chi connectivity index (χ0n) is 18.2. The molecule has 0 fully saturated rings. The number of carbonyl (C=O) groups excluding carboxylic acids is 1. The third-order valence-electron chi connectivity index (χ3n) is 5.54. The van der Waals surface area contributed by atoms with Crippen LogP contribution in [0.1, 0.15) is 30.5 Å². The summed E-state index contributed by atoms with van der Waals surface area (Å²) in [4.78, 5) is 17.5. The summed E-state index contributed by atoms with van der Waals surface area (Å²) in [6.07, 6.45) is -4.32. The fourth-order valence-electron chi connectivity index (χ4n) is 4.00. The lowest BCUT2D eigenvalue weighted by atomic mass is 9.90. The average molecular weight is 488 g/mol. The predicted octanol–water partition coefficient (Wildman–Crippen LogP) is 7.02. The van der Waals surface area contributed by atoms with Gasteiger partial charge >= 0.3 is 12.3 Å². The van der Waals surface area contributed by atoms with Crippen molar-refractivity contribution in [2.75, 3.05) is 6.61 Å². The minimum absolute atomic E-state index is 0.274. The lowest BCUT2D eigenvalue weighted by Crippen LogP contribution is -2.21. The van der Waals surface area contributed by atoms with Gasteiger partial charge in [-0.2, -0.15) is 0 Å². The Bertz CT molecular complexity index is 1190. The highest BCUT2D eigenvalue weighted by molar-refractivity contribution is 6.34. The summed E-state index contributed by atoms with van der Waals surface area (Å²) < 4.78 is 46.4. The third kappa shape index (κ3) is 5.42. The molecule has 3 aromatic rings. The fourth-order valence-corrected chi connectivity index (χ4v) is 4.24. The molecule has 4 rings (SSSR count). The van der Waals surface area contributed by atoms with E-state index in [1.165, 1.54) is 12.1 Å². The molecule has 0 N–H and O–H groups in total. The van der Waals surface area contributed by atoms with Gasteiger partial charge in [-0.1, -0.05) is 66.2 Å². The molecule has 1 aliphatic heterocycles. The van der Waals surface area contributed by atoms with Gasteiger partial charge in [0.05, 0.1) is 18.6 Å². The summed E-state index contributed by atoms with van der Waals surface area (Å²) in [5.74, 6) is -1.07. The van der Waals surface area contributed by atoms with Gasteiger partial charge < -0.3 is 9.47 Å². The SMILES string of the molecule is CCOC(=O)[C@H]1CC(c2ccccc2Cl)=N[C@H]1c1ccc(-c2ccc(OC(F)(F)F)cc2)cc1. The topological polar surface area (TPSA) is 47.9 Å². The molecule has 0 saturated carbocycles. The summed E-state index contributed by atoms with van der Waals surface area (Å²) >= 11 is 6.35. The Hall–Kier alpha value is -3.32. The Kier molecular flexibility index (Phi) is 6.93. The molecule has 0 unspecified atom stereocenters. The van der Waals surface area contributed by atoms with Crippen LogP contribution in [0.15, 0.2) is 77.8 Å². The molecule has 3 aromatic carbocycles. The van der Waals surface area contributed by atoms with E-state index in [-0.39, 0.29) is 18.3 Å². The van der Waals surface area contributed by atoms with Gasteiger partial charge in [0.15, 0.2) is 0 Å². The van der Waals surface area contributed by atoms with Crippen LogP contribution < -0.4 is 4.74 Å². The van der Waals surface area contributed by atoms with Crippen molar-refractivity contribution in [1.29, 1.82) is 0 Å². The van der Waals surface area contributed by atoms with Crippen molar-refractivity contribution in [2.24, 2.45) is 10.9 Å². The maximum absolute atomic E-state index is 12.7. The highest BCUT2D eigenvalue weighted by Crippen LogP contribution is 2.39. The number of alkyl halides is 3. The highest BCUT2D eigenvalue weighted by atomic mass is 35.5. The first-order valence-corrected chi connectivity index (χ1v) is 11.1. The van der Waals surface area contributed by atoms with Crippen LogP contribution in [0, 0.1) is 5.92 Å². The summed E-state index contributed by atoms with van der Waals surface area (Å²) in [7, 11) is 0. The maximum atomic E-state index is 12.7. The zero-order valence-corrected chi connectivity index (χ0v) is 18.9. The monoisotopic (exact) mass is 487 g/mol. The largest absolute Gasteiger partial charge is 0.573 e. The second kappa shape index (κ2) is 9.89. The van der Waals surface area contributed by atoms with Gasteiger partial charge in [0.25, 0.3) is 0 Å². The number of nitrogens with zero attached hydrogens (tertiary/aromatic N) is 1. The van der Waals surface area contributed by atoms with Crippen LogP contribution in [0.5, 0.6) is 5.75 Å². The summed E-state index contributed by atoms with van der Waals surface area (Å²) in [6.45, 7) is 2.04. The molecular formula is C26H21ClF3NO3. The third-order valence-corrected chi connectivity index (χ3v) is 5.87. The van der Waals surface area contributed by atoms with Crippen LogP contribution >= 0.6 is 11.6 Å². The molecule has 2 atom stereocenters. The Morgan fingerprint density at radius 2 is 1.62 bits per heavy atom. The van der Waals surface area contributed by atoms with Gasteiger partial charge in [-0.05, 0) is 41.8 Å². The molecule has 34 heavy (non-hydrogen) atoms. The molecule has 1 aliphatic rings. The highest BCUT2D eigenvalue weighted by Gasteiger charge is 2.37. The normalized spacial score (nSPS) is 17.9. The van der Waals surface area contributed by atoms with Gasteiger partial charge in [-0.15, -0.1) is 13.2 Å². The minimum atomic E-state index is -4.73. The lowest BCUT2D eigenvalue weighted by molar-refractivity contribution is -0.274. The Morgan fingerprint density at radius 1 is 1.00 bits per heavy atom. The molecule has 8 heteroatoms. The van der Waals surface area contributed by atoms with Crippen LogP contribution in [0.25, 0.3) is 11.1 Å². The predicted molar refractivity (Wildman–Crippen MR) is 124 cm³/mol. The van der Waals surface area contributed by atoms with E-state index in [2.05, 4.69) is 4.74 Å². The Balaban J connectivity index is 1.60. The molecule has 0 spiro atoms. The zero-order chi connectivity index (χ0) is 24.3. The van der Waals surface area contributed by atoms with Gasteiger partial charge in [0.2, 0.25) is 0 Å². The van der Waals surface area contributed by atoms with Crippen molar-refractivity contribution in [2.45, 2.75) is 25.7 Å². The molecule has 0 radical (unpaired) electrons. The van der Waals surface area contributed by atoms with Crippen molar-refractivity contribution >= 4 is 23.3 Å². The molecule has 0 amide bonds. The molecule has 0 saturated heterocycles. The number of benzene rings is 3. The first kappa shape index (κ1) is 23.8. The van der Waals surface area contributed by atoms with Gasteiger partial charge in [-0.3, -0.25) is 9.79 Å². The van der Waals surface area contributed by atoms with Crippen LogP contribution in [-0.2, 0) is 9.53 Å². The second-order valence-electron chi connectivity index (χ2n) is 7.76. The number of aliphatic imine (C=N–C) groups is 1. The van der Waals surface area contributed by atoms with Crippen LogP contribution in [0.3, 0.4) is 0 Å². The summed E-state index contributed by atoms with van der Waals surface area (Å²) in [5, 5.41) is 0.567. The van der Waals surface area contributed by atoms with Crippen molar-refractivity contribution in [3.63, 3.8) is 0 Å². The summed E-state index contributed by atoms with van der Waals surface area (Å²) in [5.41, 5.74) is 3.91. The van der Waals surface area contributed by atoms with Gasteiger partial charge in [0, 0.05) is 22.7 Å². The molecule has 4 nitrogen and oxygen atoms in total. The summed E-state index contributed by atoms with van der Waals surface area (Å²) in [6, 6.07) is 20.0. The molecular weight excluding hydrogens is 467 g/mol.